The van der Waals surface area contributed by atoms with E-state index in [2.05, 4.69) is 10.6 Å². The van der Waals surface area contributed by atoms with Crippen LogP contribution in [0, 0.1) is 0 Å². The lowest BCUT2D eigenvalue weighted by Gasteiger charge is -2.18. The van der Waals surface area contributed by atoms with Crippen LogP contribution in [0.4, 0.5) is 0 Å². The standard InChI is InChI=1S/C18H27N3O3.ClH/c1-3-4-16(19)18(23)20-12(2)13-5-9-15(10-6-13)24-11-17(22)21-14-7-8-14;/h5-6,9-10,12,14,16H,3-4,7-8,11,19H2,1-2H3,(H,20,23)(H,21,22);1H. The van der Waals surface area contributed by atoms with Gasteiger partial charge in [-0.3, -0.25) is 9.59 Å². The van der Waals surface area contributed by atoms with Crippen LogP contribution in [0.2, 0.25) is 0 Å². The lowest BCUT2D eigenvalue weighted by Crippen LogP contribution is -2.41. The van der Waals surface area contributed by atoms with Crippen molar-refractivity contribution >= 4 is 24.2 Å². The normalized spacial score (nSPS) is 15.5. The van der Waals surface area contributed by atoms with Gasteiger partial charge in [-0.2, -0.15) is 0 Å². The van der Waals surface area contributed by atoms with E-state index in [-0.39, 0.29) is 36.9 Å². The molecule has 2 rings (SSSR count). The van der Waals surface area contributed by atoms with Gasteiger partial charge in [0.15, 0.2) is 6.61 Å². The number of hydrogen-bond donors (Lipinski definition) is 3. The first-order valence-corrected chi connectivity index (χ1v) is 8.57. The van der Waals surface area contributed by atoms with E-state index in [0.29, 0.717) is 18.2 Å². The van der Waals surface area contributed by atoms with Crippen LogP contribution in [0.15, 0.2) is 24.3 Å². The molecule has 0 aliphatic heterocycles. The molecule has 25 heavy (non-hydrogen) atoms. The van der Waals surface area contributed by atoms with Gasteiger partial charge in [0.2, 0.25) is 5.91 Å². The highest BCUT2D eigenvalue weighted by molar-refractivity contribution is 5.85. The molecule has 7 heteroatoms. The Balaban J connectivity index is 0.00000312. The number of hydrogen-bond acceptors (Lipinski definition) is 4. The quantitative estimate of drug-likeness (QED) is 0.621. The molecule has 6 nitrogen and oxygen atoms in total. The lowest BCUT2D eigenvalue weighted by molar-refractivity contribution is -0.124. The molecular formula is C18H28ClN3O3. The van der Waals surface area contributed by atoms with Gasteiger partial charge < -0.3 is 21.1 Å². The molecule has 0 saturated heterocycles. The number of carbonyl (C=O) groups excluding carboxylic acids is 2. The summed E-state index contributed by atoms with van der Waals surface area (Å²) >= 11 is 0. The maximum absolute atomic E-state index is 11.9. The molecule has 1 aromatic carbocycles. The van der Waals surface area contributed by atoms with Crippen molar-refractivity contribution in [2.45, 2.75) is 57.7 Å². The average Bonchev–Trinajstić information content (AvgIpc) is 3.37. The fourth-order valence-corrected chi connectivity index (χ4v) is 2.34. The van der Waals surface area contributed by atoms with Crippen molar-refractivity contribution in [3.05, 3.63) is 29.8 Å². The third kappa shape index (κ3) is 7.32. The molecule has 4 N–H and O–H groups in total. The summed E-state index contributed by atoms with van der Waals surface area (Å²) in [7, 11) is 0. The molecule has 1 aromatic rings. The van der Waals surface area contributed by atoms with Crippen molar-refractivity contribution in [1.29, 1.82) is 0 Å². The fraction of sp³-hybridized carbons (Fsp3) is 0.556. The summed E-state index contributed by atoms with van der Waals surface area (Å²) in [6, 6.07) is 7.10. The minimum atomic E-state index is -0.468. The Hall–Kier alpha value is -1.79. The largest absolute Gasteiger partial charge is 0.484 e. The van der Waals surface area contributed by atoms with Crippen molar-refractivity contribution in [1.82, 2.24) is 10.6 Å². The molecule has 2 amide bonds. The third-order valence-corrected chi connectivity index (χ3v) is 3.99. The van der Waals surface area contributed by atoms with E-state index in [1.807, 2.05) is 26.0 Å². The Morgan fingerprint density at radius 1 is 1.28 bits per heavy atom. The topological polar surface area (TPSA) is 93.5 Å². The summed E-state index contributed by atoms with van der Waals surface area (Å²) < 4.78 is 5.46. The summed E-state index contributed by atoms with van der Waals surface area (Å²) in [5.74, 6) is 0.402. The van der Waals surface area contributed by atoms with Gasteiger partial charge in [0.05, 0.1) is 12.1 Å². The third-order valence-electron chi connectivity index (χ3n) is 3.99. The first-order chi connectivity index (χ1) is 11.5. The Morgan fingerprint density at radius 2 is 1.92 bits per heavy atom. The van der Waals surface area contributed by atoms with Gasteiger partial charge in [0, 0.05) is 6.04 Å². The van der Waals surface area contributed by atoms with Crippen molar-refractivity contribution in [2.24, 2.45) is 5.73 Å². The smallest absolute Gasteiger partial charge is 0.258 e. The molecule has 0 heterocycles. The number of nitrogens with two attached hydrogens (primary N) is 1. The highest BCUT2D eigenvalue weighted by Crippen LogP contribution is 2.19. The molecule has 0 bridgehead atoms. The Morgan fingerprint density at radius 3 is 2.48 bits per heavy atom. The molecule has 0 radical (unpaired) electrons. The zero-order chi connectivity index (χ0) is 17.5. The summed E-state index contributed by atoms with van der Waals surface area (Å²) in [5, 5.41) is 5.78. The predicted octanol–water partition coefficient (Wildman–Crippen LogP) is 2.07. The van der Waals surface area contributed by atoms with Gasteiger partial charge in [0.1, 0.15) is 5.75 Å². The van der Waals surface area contributed by atoms with Gasteiger partial charge in [-0.05, 0) is 43.9 Å². The number of amides is 2. The van der Waals surface area contributed by atoms with Crippen molar-refractivity contribution in [3.8, 4) is 5.75 Å². The minimum absolute atomic E-state index is 0. The Kier molecular flexibility index (Phi) is 8.72. The SMILES string of the molecule is CCCC(N)C(=O)NC(C)c1ccc(OCC(=O)NC2CC2)cc1.Cl. The molecule has 2 atom stereocenters. The number of benzene rings is 1. The second-order valence-corrected chi connectivity index (χ2v) is 6.32. The second kappa shape index (κ2) is 10.3. The number of ether oxygens (including phenoxy) is 1. The maximum Gasteiger partial charge on any atom is 0.258 e. The number of halogens is 1. The van der Waals surface area contributed by atoms with Crippen molar-refractivity contribution in [2.75, 3.05) is 6.61 Å². The fourth-order valence-electron chi connectivity index (χ4n) is 2.34. The van der Waals surface area contributed by atoms with E-state index >= 15 is 0 Å². The van der Waals surface area contributed by atoms with Crippen molar-refractivity contribution in [3.63, 3.8) is 0 Å². The summed E-state index contributed by atoms with van der Waals surface area (Å²) in [6.45, 7) is 3.93. The van der Waals surface area contributed by atoms with Crippen molar-refractivity contribution < 1.29 is 14.3 Å². The van der Waals surface area contributed by atoms with Gasteiger partial charge in [0.25, 0.3) is 5.91 Å². The highest BCUT2D eigenvalue weighted by atomic mass is 35.5. The molecule has 1 aliphatic carbocycles. The minimum Gasteiger partial charge on any atom is -0.484 e. The zero-order valence-corrected chi connectivity index (χ0v) is 15.6. The van der Waals surface area contributed by atoms with Crippen LogP contribution in [0.3, 0.4) is 0 Å². The lowest BCUT2D eigenvalue weighted by atomic mass is 10.1. The molecule has 0 spiro atoms. The molecule has 1 saturated carbocycles. The number of nitrogens with one attached hydrogen (secondary N) is 2. The molecule has 0 aromatic heterocycles. The molecular weight excluding hydrogens is 342 g/mol. The van der Waals surface area contributed by atoms with Crippen LogP contribution in [0.5, 0.6) is 5.75 Å². The summed E-state index contributed by atoms with van der Waals surface area (Å²) in [4.78, 5) is 23.5. The average molecular weight is 370 g/mol. The van der Waals surface area contributed by atoms with Gasteiger partial charge in [-0.15, -0.1) is 12.4 Å². The van der Waals surface area contributed by atoms with Crippen LogP contribution >= 0.6 is 12.4 Å². The van der Waals surface area contributed by atoms with E-state index < -0.39 is 6.04 Å². The second-order valence-electron chi connectivity index (χ2n) is 6.32. The summed E-state index contributed by atoms with van der Waals surface area (Å²) in [5.41, 5.74) is 6.78. The monoisotopic (exact) mass is 369 g/mol. The van der Waals surface area contributed by atoms with E-state index in [0.717, 1.165) is 24.8 Å². The first-order valence-electron chi connectivity index (χ1n) is 8.57. The maximum atomic E-state index is 11.9. The summed E-state index contributed by atoms with van der Waals surface area (Å²) in [6.07, 6.45) is 3.68. The van der Waals surface area contributed by atoms with E-state index in [1.54, 1.807) is 12.1 Å². The zero-order valence-electron chi connectivity index (χ0n) is 14.8. The van der Waals surface area contributed by atoms with E-state index in [1.165, 1.54) is 0 Å². The van der Waals surface area contributed by atoms with Crippen LogP contribution in [-0.2, 0) is 9.59 Å². The van der Waals surface area contributed by atoms with Crippen LogP contribution in [-0.4, -0.2) is 30.5 Å². The molecule has 2 unspecified atom stereocenters. The first kappa shape index (κ1) is 21.3. The number of carbonyl (C=O) groups is 2. The van der Waals surface area contributed by atoms with Gasteiger partial charge in [-0.25, -0.2) is 0 Å². The molecule has 140 valence electrons. The Labute approximate surface area is 155 Å². The molecule has 1 fully saturated rings. The van der Waals surface area contributed by atoms with Crippen LogP contribution in [0.25, 0.3) is 0 Å². The van der Waals surface area contributed by atoms with Crippen LogP contribution in [0.1, 0.15) is 51.1 Å². The van der Waals surface area contributed by atoms with Crippen LogP contribution < -0.4 is 21.1 Å². The van der Waals surface area contributed by atoms with Gasteiger partial charge >= 0.3 is 0 Å². The highest BCUT2D eigenvalue weighted by Gasteiger charge is 2.23. The van der Waals surface area contributed by atoms with E-state index in [4.69, 9.17) is 10.5 Å². The number of rotatable bonds is 9. The molecule has 1 aliphatic rings. The van der Waals surface area contributed by atoms with E-state index in [9.17, 15) is 9.59 Å². The Bertz CT molecular complexity index is 561. The predicted molar refractivity (Wildman–Crippen MR) is 99.8 cm³/mol. The van der Waals surface area contributed by atoms with Gasteiger partial charge in [-0.1, -0.05) is 25.5 Å².